The first-order valence-corrected chi connectivity index (χ1v) is 5.30. The average Bonchev–Trinajstić information content (AvgIpc) is 2.56. The van der Waals surface area contributed by atoms with E-state index in [-0.39, 0.29) is 11.7 Å². The number of hydrogen-bond acceptors (Lipinski definition) is 3. The van der Waals surface area contributed by atoms with Gasteiger partial charge in [-0.3, -0.25) is 0 Å². The molecule has 0 saturated heterocycles. The summed E-state index contributed by atoms with van der Waals surface area (Å²) in [6.07, 6.45) is -0.511. The van der Waals surface area contributed by atoms with Gasteiger partial charge in [0.15, 0.2) is 6.10 Å². The van der Waals surface area contributed by atoms with Crippen LogP contribution < -0.4 is 0 Å². The Bertz CT molecular complexity index is 432. The van der Waals surface area contributed by atoms with E-state index in [4.69, 9.17) is 4.74 Å². The Hall–Kier alpha value is -1.77. The highest BCUT2D eigenvalue weighted by molar-refractivity contribution is 6.19. The molecule has 84 valence electrons. The van der Waals surface area contributed by atoms with E-state index in [2.05, 4.69) is 0 Å². The van der Waals surface area contributed by atoms with Crippen molar-refractivity contribution in [2.75, 3.05) is 0 Å². The zero-order valence-corrected chi connectivity index (χ0v) is 9.31. The van der Waals surface area contributed by atoms with Gasteiger partial charge < -0.3 is 9.84 Å². The Morgan fingerprint density at radius 2 is 1.88 bits per heavy atom. The summed E-state index contributed by atoms with van der Waals surface area (Å²) in [6.45, 7) is 3.81. The minimum absolute atomic E-state index is 0.0474. The number of ether oxygens (including phenoxy) is 1. The predicted molar refractivity (Wildman–Crippen MR) is 60.7 cm³/mol. The maximum absolute atomic E-state index is 11.7. The monoisotopic (exact) mass is 218 g/mol. The molecule has 1 aromatic carbocycles. The van der Waals surface area contributed by atoms with Crippen molar-refractivity contribution in [3.05, 3.63) is 41.7 Å². The fraction of sp³-hybridized carbons (Fsp3) is 0.308. The number of cyclic esters (lactones) is 1. The van der Waals surface area contributed by atoms with Crippen LogP contribution in [0.4, 0.5) is 0 Å². The van der Waals surface area contributed by atoms with Gasteiger partial charge in [0.2, 0.25) is 0 Å². The van der Waals surface area contributed by atoms with E-state index in [1.165, 1.54) is 0 Å². The van der Waals surface area contributed by atoms with Crippen LogP contribution in [0.3, 0.4) is 0 Å². The van der Waals surface area contributed by atoms with Crippen LogP contribution in [-0.4, -0.2) is 17.2 Å². The fourth-order valence-corrected chi connectivity index (χ4v) is 1.80. The number of hydrogen-bond donors (Lipinski definition) is 1. The first-order valence-electron chi connectivity index (χ1n) is 5.30. The van der Waals surface area contributed by atoms with Gasteiger partial charge in [-0.25, -0.2) is 4.79 Å². The summed E-state index contributed by atoms with van der Waals surface area (Å²) in [7, 11) is 0. The Kier molecular flexibility index (Phi) is 2.69. The summed E-state index contributed by atoms with van der Waals surface area (Å²) in [6, 6.07) is 9.09. The van der Waals surface area contributed by atoms with Gasteiger partial charge >= 0.3 is 5.97 Å². The molecule has 0 fully saturated rings. The van der Waals surface area contributed by atoms with Crippen LogP contribution in [0.5, 0.6) is 0 Å². The SMILES string of the molecule is CC(C)[C@H]1OC(=O)C(c2ccccc2)=C1O. The van der Waals surface area contributed by atoms with E-state index in [1.54, 1.807) is 12.1 Å². The highest BCUT2D eigenvalue weighted by Gasteiger charge is 2.36. The standard InChI is InChI=1S/C13H14O3/c1-8(2)12-11(14)10(13(15)16-12)9-6-4-3-5-7-9/h3-8,12,14H,1-2H3/t12-/m1/s1. The van der Waals surface area contributed by atoms with E-state index in [9.17, 15) is 9.90 Å². The molecule has 0 saturated carbocycles. The number of carbonyl (C=O) groups excluding carboxylic acids is 1. The number of rotatable bonds is 2. The zero-order valence-electron chi connectivity index (χ0n) is 9.31. The van der Waals surface area contributed by atoms with Gasteiger partial charge in [-0.05, 0) is 11.5 Å². The summed E-state index contributed by atoms with van der Waals surface area (Å²) < 4.78 is 5.14. The Morgan fingerprint density at radius 3 is 2.38 bits per heavy atom. The van der Waals surface area contributed by atoms with Gasteiger partial charge in [-0.1, -0.05) is 44.2 Å². The summed E-state index contributed by atoms with van der Waals surface area (Å²) >= 11 is 0. The molecule has 0 radical (unpaired) electrons. The third-order valence-corrected chi connectivity index (χ3v) is 2.63. The van der Waals surface area contributed by atoms with Crippen molar-refractivity contribution in [3.63, 3.8) is 0 Å². The lowest BCUT2D eigenvalue weighted by atomic mass is 10.0. The molecule has 3 nitrogen and oxygen atoms in total. The molecule has 1 aliphatic heterocycles. The molecule has 0 spiro atoms. The van der Waals surface area contributed by atoms with Crippen molar-refractivity contribution in [2.24, 2.45) is 5.92 Å². The predicted octanol–water partition coefficient (Wildman–Crippen LogP) is 2.54. The number of benzene rings is 1. The molecular weight excluding hydrogens is 204 g/mol. The molecule has 2 rings (SSSR count). The Balaban J connectivity index is 2.44. The number of esters is 1. The molecular formula is C13H14O3. The molecule has 3 heteroatoms. The van der Waals surface area contributed by atoms with E-state index in [1.807, 2.05) is 32.0 Å². The van der Waals surface area contributed by atoms with Gasteiger partial charge in [0.25, 0.3) is 0 Å². The summed E-state index contributed by atoms with van der Waals surface area (Å²) in [4.78, 5) is 11.7. The minimum Gasteiger partial charge on any atom is -0.507 e. The van der Waals surface area contributed by atoms with Gasteiger partial charge in [-0.2, -0.15) is 0 Å². The Labute approximate surface area is 94.4 Å². The second kappa shape index (κ2) is 4.00. The lowest BCUT2D eigenvalue weighted by molar-refractivity contribution is -0.140. The van der Waals surface area contributed by atoms with Crippen LogP contribution in [-0.2, 0) is 9.53 Å². The van der Waals surface area contributed by atoms with Crippen LogP contribution in [0.2, 0.25) is 0 Å². The van der Waals surface area contributed by atoms with Crippen LogP contribution in [0.1, 0.15) is 19.4 Å². The Morgan fingerprint density at radius 1 is 1.25 bits per heavy atom. The van der Waals surface area contributed by atoms with Crippen molar-refractivity contribution in [2.45, 2.75) is 20.0 Å². The maximum Gasteiger partial charge on any atom is 0.343 e. The molecule has 0 aromatic heterocycles. The zero-order chi connectivity index (χ0) is 11.7. The molecule has 0 unspecified atom stereocenters. The summed E-state index contributed by atoms with van der Waals surface area (Å²) in [5, 5.41) is 9.98. The number of aliphatic hydroxyl groups excluding tert-OH is 1. The average molecular weight is 218 g/mol. The fourth-order valence-electron chi connectivity index (χ4n) is 1.80. The first kappa shape index (κ1) is 10.7. The smallest absolute Gasteiger partial charge is 0.343 e. The van der Waals surface area contributed by atoms with E-state index in [0.29, 0.717) is 11.1 Å². The second-order valence-electron chi connectivity index (χ2n) is 4.20. The number of aliphatic hydroxyl groups is 1. The molecule has 16 heavy (non-hydrogen) atoms. The molecule has 1 N–H and O–H groups in total. The summed E-state index contributed by atoms with van der Waals surface area (Å²) in [5.41, 5.74) is 0.993. The molecule has 0 bridgehead atoms. The molecule has 1 heterocycles. The van der Waals surface area contributed by atoms with Crippen LogP contribution in [0.15, 0.2) is 36.1 Å². The quantitative estimate of drug-likeness (QED) is 0.776. The molecule has 1 aromatic rings. The van der Waals surface area contributed by atoms with E-state index in [0.717, 1.165) is 0 Å². The van der Waals surface area contributed by atoms with Gasteiger partial charge in [-0.15, -0.1) is 0 Å². The highest BCUT2D eigenvalue weighted by Crippen LogP contribution is 2.32. The molecule has 1 atom stereocenters. The lowest BCUT2D eigenvalue weighted by Gasteiger charge is -2.13. The minimum atomic E-state index is -0.511. The maximum atomic E-state index is 11.7. The van der Waals surface area contributed by atoms with Crippen LogP contribution in [0, 0.1) is 5.92 Å². The molecule has 1 aliphatic rings. The van der Waals surface area contributed by atoms with Crippen molar-refractivity contribution >= 4 is 11.5 Å². The van der Waals surface area contributed by atoms with Gasteiger partial charge in [0.1, 0.15) is 11.3 Å². The number of carbonyl (C=O) groups is 1. The van der Waals surface area contributed by atoms with Gasteiger partial charge in [0.05, 0.1) is 0 Å². The first-order chi connectivity index (χ1) is 7.61. The van der Waals surface area contributed by atoms with E-state index >= 15 is 0 Å². The normalized spacial score (nSPS) is 20.4. The third kappa shape index (κ3) is 1.69. The van der Waals surface area contributed by atoms with Crippen molar-refractivity contribution < 1.29 is 14.6 Å². The lowest BCUT2D eigenvalue weighted by Crippen LogP contribution is -2.18. The van der Waals surface area contributed by atoms with Crippen molar-refractivity contribution in [1.29, 1.82) is 0 Å². The van der Waals surface area contributed by atoms with Crippen molar-refractivity contribution in [3.8, 4) is 0 Å². The molecule has 0 amide bonds. The topological polar surface area (TPSA) is 46.5 Å². The van der Waals surface area contributed by atoms with E-state index < -0.39 is 12.1 Å². The van der Waals surface area contributed by atoms with Crippen LogP contribution in [0.25, 0.3) is 5.57 Å². The molecule has 0 aliphatic carbocycles. The third-order valence-electron chi connectivity index (χ3n) is 2.63. The largest absolute Gasteiger partial charge is 0.507 e. The second-order valence-corrected chi connectivity index (χ2v) is 4.20. The summed E-state index contributed by atoms with van der Waals surface area (Å²) in [5.74, 6) is -0.321. The van der Waals surface area contributed by atoms with Gasteiger partial charge in [0, 0.05) is 0 Å². The highest BCUT2D eigenvalue weighted by atomic mass is 16.6. The van der Waals surface area contributed by atoms with Crippen LogP contribution >= 0.6 is 0 Å². The van der Waals surface area contributed by atoms with Crippen molar-refractivity contribution in [1.82, 2.24) is 0 Å².